The Kier molecular flexibility index (Phi) is 2.69. The molecule has 0 saturated heterocycles. The average Bonchev–Trinajstić information content (AvgIpc) is 2.65. The van der Waals surface area contributed by atoms with Crippen molar-refractivity contribution in [2.75, 3.05) is 6.54 Å². The molecule has 2 aliphatic rings. The van der Waals surface area contributed by atoms with Gasteiger partial charge in [0.2, 0.25) is 0 Å². The first-order valence-electron chi connectivity index (χ1n) is 5.33. The fourth-order valence-electron chi connectivity index (χ4n) is 2.69. The Labute approximate surface area is 85.1 Å². The molecule has 74 valence electrons. The average molecular weight is 188 g/mol. The Hall–Kier alpha value is -1.07. The van der Waals surface area contributed by atoms with Crippen molar-refractivity contribution in [1.82, 2.24) is 0 Å². The second-order valence-electron chi connectivity index (χ2n) is 4.18. The van der Waals surface area contributed by atoms with Gasteiger partial charge in [0.05, 0.1) is 12.0 Å². The molecule has 0 aromatic heterocycles. The van der Waals surface area contributed by atoms with E-state index in [4.69, 9.17) is 11.0 Å². The first-order valence-corrected chi connectivity index (χ1v) is 5.33. The maximum Gasteiger partial charge on any atom is 0.0675 e. The highest BCUT2D eigenvalue weighted by Gasteiger charge is 2.34. The third-order valence-electron chi connectivity index (χ3n) is 3.48. The zero-order valence-corrected chi connectivity index (χ0v) is 8.32. The van der Waals surface area contributed by atoms with Crippen molar-refractivity contribution < 1.29 is 0 Å². The summed E-state index contributed by atoms with van der Waals surface area (Å²) in [6.07, 6.45) is 10.1. The first-order chi connectivity index (χ1) is 6.86. The molecular weight excluding hydrogens is 172 g/mol. The lowest BCUT2D eigenvalue weighted by Gasteiger charge is -2.20. The standard InChI is InChI=1S/C12H16N2/c13-7-10(8-14)12-6-5-9-3-1-2-4-11(9)12/h1-2,4,9-10,12H,3,5-7,13H2. The highest BCUT2D eigenvalue weighted by Crippen LogP contribution is 2.43. The predicted octanol–water partition coefficient (Wildman–Crippen LogP) is 2.00. The largest absolute Gasteiger partial charge is 0.329 e. The minimum Gasteiger partial charge on any atom is -0.329 e. The van der Waals surface area contributed by atoms with Crippen LogP contribution in [0, 0.1) is 29.1 Å². The number of hydrogen-bond donors (Lipinski definition) is 1. The van der Waals surface area contributed by atoms with Crippen LogP contribution in [0.3, 0.4) is 0 Å². The van der Waals surface area contributed by atoms with Crippen molar-refractivity contribution >= 4 is 0 Å². The monoisotopic (exact) mass is 188 g/mol. The van der Waals surface area contributed by atoms with Crippen molar-refractivity contribution in [3.8, 4) is 6.07 Å². The van der Waals surface area contributed by atoms with E-state index in [2.05, 4.69) is 24.3 Å². The summed E-state index contributed by atoms with van der Waals surface area (Å²) < 4.78 is 0. The molecule has 2 nitrogen and oxygen atoms in total. The molecule has 0 radical (unpaired) electrons. The van der Waals surface area contributed by atoms with Gasteiger partial charge >= 0.3 is 0 Å². The van der Waals surface area contributed by atoms with Gasteiger partial charge in [-0.2, -0.15) is 5.26 Å². The molecule has 2 heteroatoms. The van der Waals surface area contributed by atoms with Crippen LogP contribution in [-0.4, -0.2) is 6.54 Å². The van der Waals surface area contributed by atoms with E-state index in [1.54, 1.807) is 0 Å². The van der Waals surface area contributed by atoms with Crippen molar-refractivity contribution in [2.45, 2.75) is 19.3 Å². The SMILES string of the molecule is N#CC(CN)C1CCC2CC=CC=C21. The second-order valence-corrected chi connectivity index (χ2v) is 4.18. The van der Waals surface area contributed by atoms with Crippen molar-refractivity contribution in [1.29, 1.82) is 5.26 Å². The van der Waals surface area contributed by atoms with E-state index in [-0.39, 0.29) is 5.92 Å². The van der Waals surface area contributed by atoms with Gasteiger partial charge in [0.1, 0.15) is 0 Å². The maximum atomic E-state index is 9.00. The molecule has 2 aliphatic carbocycles. The summed E-state index contributed by atoms with van der Waals surface area (Å²) in [5.41, 5.74) is 7.09. The topological polar surface area (TPSA) is 49.8 Å². The summed E-state index contributed by atoms with van der Waals surface area (Å²) in [5, 5.41) is 9.00. The molecule has 1 fully saturated rings. The van der Waals surface area contributed by atoms with Gasteiger partial charge in [0, 0.05) is 6.54 Å². The minimum atomic E-state index is 0.0257. The van der Waals surface area contributed by atoms with Crippen LogP contribution in [-0.2, 0) is 0 Å². The Morgan fingerprint density at radius 3 is 3.14 bits per heavy atom. The minimum absolute atomic E-state index is 0.0257. The van der Waals surface area contributed by atoms with Gasteiger partial charge < -0.3 is 5.73 Å². The van der Waals surface area contributed by atoms with Crippen LogP contribution in [0.25, 0.3) is 0 Å². The summed E-state index contributed by atoms with van der Waals surface area (Å²) in [6, 6.07) is 2.34. The van der Waals surface area contributed by atoms with Gasteiger partial charge in [0.15, 0.2) is 0 Å². The fourth-order valence-corrected chi connectivity index (χ4v) is 2.69. The third-order valence-corrected chi connectivity index (χ3v) is 3.48. The summed E-state index contributed by atoms with van der Waals surface area (Å²) >= 11 is 0. The summed E-state index contributed by atoms with van der Waals surface area (Å²) in [6.45, 7) is 0.495. The first kappa shape index (κ1) is 9.48. The van der Waals surface area contributed by atoms with Gasteiger partial charge in [-0.05, 0) is 31.1 Å². The van der Waals surface area contributed by atoms with Crippen molar-refractivity contribution in [3.05, 3.63) is 23.8 Å². The van der Waals surface area contributed by atoms with Crippen molar-refractivity contribution in [2.24, 2.45) is 23.5 Å². The van der Waals surface area contributed by atoms with E-state index in [1.807, 2.05) is 0 Å². The van der Waals surface area contributed by atoms with Crippen LogP contribution in [0.1, 0.15) is 19.3 Å². The smallest absolute Gasteiger partial charge is 0.0675 e. The maximum absolute atomic E-state index is 9.00. The molecule has 0 heterocycles. The molecule has 14 heavy (non-hydrogen) atoms. The van der Waals surface area contributed by atoms with Crippen LogP contribution >= 0.6 is 0 Å². The normalized spacial score (nSPS) is 31.9. The Morgan fingerprint density at radius 1 is 1.57 bits per heavy atom. The number of nitrogens with zero attached hydrogens (tertiary/aromatic N) is 1. The highest BCUT2D eigenvalue weighted by molar-refractivity contribution is 5.28. The van der Waals surface area contributed by atoms with E-state index < -0.39 is 0 Å². The van der Waals surface area contributed by atoms with Crippen molar-refractivity contribution in [3.63, 3.8) is 0 Å². The van der Waals surface area contributed by atoms with E-state index >= 15 is 0 Å². The number of nitrogens with two attached hydrogens (primary N) is 1. The molecule has 2 N–H and O–H groups in total. The van der Waals surface area contributed by atoms with E-state index in [0.717, 1.165) is 12.8 Å². The van der Waals surface area contributed by atoms with E-state index in [0.29, 0.717) is 18.4 Å². The summed E-state index contributed by atoms with van der Waals surface area (Å²) in [5.74, 6) is 1.16. The second kappa shape index (κ2) is 3.98. The number of rotatable bonds is 2. The summed E-state index contributed by atoms with van der Waals surface area (Å²) in [4.78, 5) is 0. The number of allylic oxidation sites excluding steroid dienone is 4. The third kappa shape index (κ3) is 1.49. The van der Waals surface area contributed by atoms with Crippen LogP contribution in [0.2, 0.25) is 0 Å². The number of nitriles is 1. The molecule has 0 amide bonds. The molecule has 0 aromatic rings. The van der Waals surface area contributed by atoms with Gasteiger partial charge in [-0.1, -0.05) is 23.8 Å². The van der Waals surface area contributed by atoms with Crippen LogP contribution in [0.15, 0.2) is 23.8 Å². The quantitative estimate of drug-likeness (QED) is 0.720. The highest BCUT2D eigenvalue weighted by atomic mass is 14.6. The Bertz CT molecular complexity index is 309. The van der Waals surface area contributed by atoms with Crippen LogP contribution < -0.4 is 5.73 Å². The zero-order valence-electron chi connectivity index (χ0n) is 8.32. The Morgan fingerprint density at radius 2 is 2.43 bits per heavy atom. The summed E-state index contributed by atoms with van der Waals surface area (Å²) in [7, 11) is 0. The molecule has 0 aromatic carbocycles. The lowest BCUT2D eigenvalue weighted by atomic mass is 9.84. The van der Waals surface area contributed by atoms with Crippen LogP contribution in [0.4, 0.5) is 0 Å². The molecule has 0 bridgehead atoms. The van der Waals surface area contributed by atoms with Gasteiger partial charge in [-0.25, -0.2) is 0 Å². The predicted molar refractivity (Wildman–Crippen MR) is 56.2 cm³/mol. The molecular formula is C12H16N2. The lowest BCUT2D eigenvalue weighted by molar-refractivity contribution is 0.479. The van der Waals surface area contributed by atoms with Crippen LogP contribution in [0.5, 0.6) is 0 Å². The molecule has 3 unspecified atom stereocenters. The number of hydrogen-bond acceptors (Lipinski definition) is 2. The van der Waals surface area contributed by atoms with Gasteiger partial charge in [-0.3, -0.25) is 0 Å². The lowest BCUT2D eigenvalue weighted by Crippen LogP contribution is -2.22. The van der Waals surface area contributed by atoms with E-state index in [9.17, 15) is 0 Å². The zero-order chi connectivity index (χ0) is 9.97. The number of fused-ring (bicyclic) bond motifs is 1. The molecule has 1 saturated carbocycles. The molecule has 3 atom stereocenters. The van der Waals surface area contributed by atoms with Gasteiger partial charge in [0.25, 0.3) is 0 Å². The molecule has 0 spiro atoms. The molecule has 0 aliphatic heterocycles. The van der Waals surface area contributed by atoms with Gasteiger partial charge in [-0.15, -0.1) is 0 Å². The fraction of sp³-hybridized carbons (Fsp3) is 0.583. The molecule has 2 rings (SSSR count). The van der Waals surface area contributed by atoms with E-state index in [1.165, 1.54) is 12.0 Å². The Balaban J connectivity index is 2.18.